The number of methoxy groups -OCH3 is 1. The van der Waals surface area contributed by atoms with Crippen LogP contribution in [0.15, 0.2) is 18.2 Å². The lowest BCUT2D eigenvalue weighted by molar-refractivity contribution is -0.164. The van der Waals surface area contributed by atoms with Crippen LogP contribution in [0.5, 0.6) is 5.75 Å². The van der Waals surface area contributed by atoms with Crippen molar-refractivity contribution in [3.8, 4) is 5.75 Å². The maximum Gasteiger partial charge on any atom is 0.340 e. The number of hydrogen-bond donors (Lipinski definition) is 2. The van der Waals surface area contributed by atoms with Crippen molar-refractivity contribution in [1.29, 1.82) is 0 Å². The van der Waals surface area contributed by atoms with Crippen molar-refractivity contribution in [3.63, 3.8) is 0 Å². The molecule has 1 aromatic carbocycles. The summed E-state index contributed by atoms with van der Waals surface area (Å²) in [7, 11) is 1.51. The summed E-state index contributed by atoms with van der Waals surface area (Å²) in [4.78, 5) is 11.2. The Kier molecular flexibility index (Phi) is 2.39. The van der Waals surface area contributed by atoms with Crippen molar-refractivity contribution >= 4 is 5.97 Å². The van der Waals surface area contributed by atoms with Gasteiger partial charge in [0.25, 0.3) is 0 Å². The fraction of sp³-hybridized carbons (Fsp3) is 0.417. The molecule has 0 fully saturated rings. The summed E-state index contributed by atoms with van der Waals surface area (Å²) in [6, 6.07) is 5.19. The first kappa shape index (κ1) is 11.0. The number of ether oxygens (including phenoxy) is 1. The molecule has 2 unspecified atom stereocenters. The Morgan fingerprint density at radius 2 is 2.25 bits per heavy atom. The number of fused-ring (bicyclic) bond motifs is 1. The average Bonchev–Trinajstić information content (AvgIpc) is 2.52. The number of carboxylic acids is 1. The van der Waals surface area contributed by atoms with Gasteiger partial charge in [-0.3, -0.25) is 0 Å². The summed E-state index contributed by atoms with van der Waals surface area (Å²) < 4.78 is 5.04. The lowest BCUT2D eigenvalue weighted by Crippen LogP contribution is -2.38. The molecular formula is C12H14O4. The maximum atomic E-state index is 11.2. The normalized spacial score (nSPS) is 27.6. The molecule has 4 nitrogen and oxygen atoms in total. The van der Waals surface area contributed by atoms with Crippen LogP contribution in [0.2, 0.25) is 0 Å². The molecule has 1 aliphatic carbocycles. The molecule has 0 aliphatic heterocycles. The number of carbonyl (C=O) groups is 1. The van der Waals surface area contributed by atoms with Gasteiger partial charge in [-0.25, -0.2) is 4.79 Å². The van der Waals surface area contributed by atoms with Crippen molar-refractivity contribution in [1.82, 2.24) is 0 Å². The fourth-order valence-corrected chi connectivity index (χ4v) is 2.28. The second-order valence-corrected chi connectivity index (χ2v) is 4.20. The molecular weight excluding hydrogens is 208 g/mol. The third kappa shape index (κ3) is 1.30. The van der Waals surface area contributed by atoms with E-state index >= 15 is 0 Å². The van der Waals surface area contributed by atoms with Crippen LogP contribution in [-0.4, -0.2) is 23.3 Å². The van der Waals surface area contributed by atoms with Gasteiger partial charge in [-0.15, -0.1) is 0 Å². The SMILES string of the molecule is COc1ccc2c(c1)C(O)(C(=O)O)C(C)C2. The summed E-state index contributed by atoms with van der Waals surface area (Å²) in [5.74, 6) is -0.966. The van der Waals surface area contributed by atoms with Crippen molar-refractivity contribution in [2.45, 2.75) is 18.9 Å². The van der Waals surface area contributed by atoms with Gasteiger partial charge in [0.05, 0.1) is 7.11 Å². The van der Waals surface area contributed by atoms with E-state index in [2.05, 4.69) is 0 Å². The molecule has 0 radical (unpaired) electrons. The lowest BCUT2D eigenvalue weighted by atomic mass is 9.89. The average molecular weight is 222 g/mol. The van der Waals surface area contributed by atoms with Gasteiger partial charge >= 0.3 is 5.97 Å². The highest BCUT2D eigenvalue weighted by atomic mass is 16.5. The van der Waals surface area contributed by atoms with Crippen molar-refractivity contribution in [2.24, 2.45) is 5.92 Å². The minimum atomic E-state index is -1.79. The van der Waals surface area contributed by atoms with Crippen LogP contribution in [0.1, 0.15) is 18.1 Å². The molecule has 0 amide bonds. The first-order chi connectivity index (χ1) is 7.50. The van der Waals surface area contributed by atoms with E-state index in [0.29, 0.717) is 17.7 Å². The van der Waals surface area contributed by atoms with E-state index in [0.717, 1.165) is 5.56 Å². The lowest BCUT2D eigenvalue weighted by Gasteiger charge is -2.23. The minimum Gasteiger partial charge on any atom is -0.497 e. The molecule has 0 saturated heterocycles. The molecule has 0 bridgehead atoms. The van der Waals surface area contributed by atoms with Gasteiger partial charge in [0.2, 0.25) is 0 Å². The van der Waals surface area contributed by atoms with Gasteiger partial charge in [0, 0.05) is 11.5 Å². The summed E-state index contributed by atoms with van der Waals surface area (Å²) in [6.07, 6.45) is 0.572. The van der Waals surface area contributed by atoms with Crippen LogP contribution in [-0.2, 0) is 16.8 Å². The summed E-state index contributed by atoms with van der Waals surface area (Å²) in [5, 5.41) is 19.4. The molecule has 1 aromatic rings. The van der Waals surface area contributed by atoms with E-state index in [1.807, 2.05) is 6.07 Å². The van der Waals surface area contributed by atoms with Gasteiger partial charge in [-0.1, -0.05) is 13.0 Å². The molecule has 4 heteroatoms. The van der Waals surface area contributed by atoms with Crippen LogP contribution in [0.4, 0.5) is 0 Å². The van der Waals surface area contributed by atoms with Gasteiger partial charge in [-0.2, -0.15) is 0 Å². The number of hydrogen-bond acceptors (Lipinski definition) is 3. The highest BCUT2D eigenvalue weighted by molar-refractivity contribution is 5.81. The molecule has 2 rings (SSSR count). The number of rotatable bonds is 2. The molecule has 1 aliphatic rings. The molecule has 0 aromatic heterocycles. The largest absolute Gasteiger partial charge is 0.497 e. The van der Waals surface area contributed by atoms with E-state index in [9.17, 15) is 9.90 Å². The molecule has 2 atom stereocenters. The van der Waals surface area contributed by atoms with E-state index in [1.165, 1.54) is 7.11 Å². The smallest absolute Gasteiger partial charge is 0.340 e. The Labute approximate surface area is 93.5 Å². The third-order valence-corrected chi connectivity index (χ3v) is 3.29. The van der Waals surface area contributed by atoms with Crippen molar-refractivity contribution < 1.29 is 19.7 Å². The highest BCUT2D eigenvalue weighted by Crippen LogP contribution is 2.42. The standard InChI is InChI=1S/C12H14O4/c1-7-5-8-3-4-9(16-2)6-10(8)12(7,15)11(13)14/h3-4,6-7,15H,5H2,1-2H3,(H,13,14). The molecule has 0 heterocycles. The van der Waals surface area contributed by atoms with Crippen LogP contribution in [0.25, 0.3) is 0 Å². The Morgan fingerprint density at radius 1 is 1.56 bits per heavy atom. The number of benzene rings is 1. The topological polar surface area (TPSA) is 66.8 Å². The maximum absolute atomic E-state index is 11.2. The summed E-state index contributed by atoms with van der Waals surface area (Å²) in [5.41, 5.74) is -0.464. The first-order valence-corrected chi connectivity index (χ1v) is 5.13. The second-order valence-electron chi connectivity index (χ2n) is 4.20. The molecule has 0 spiro atoms. The van der Waals surface area contributed by atoms with Gasteiger partial charge < -0.3 is 14.9 Å². The number of aliphatic hydroxyl groups is 1. The molecule has 2 N–H and O–H groups in total. The third-order valence-electron chi connectivity index (χ3n) is 3.29. The molecule has 16 heavy (non-hydrogen) atoms. The fourth-order valence-electron chi connectivity index (χ4n) is 2.28. The van der Waals surface area contributed by atoms with Crippen LogP contribution >= 0.6 is 0 Å². The number of aliphatic carboxylic acids is 1. The van der Waals surface area contributed by atoms with E-state index in [4.69, 9.17) is 9.84 Å². The molecule has 86 valence electrons. The highest BCUT2D eigenvalue weighted by Gasteiger charge is 2.49. The summed E-state index contributed by atoms with van der Waals surface area (Å²) in [6.45, 7) is 1.74. The van der Waals surface area contributed by atoms with E-state index in [-0.39, 0.29) is 5.92 Å². The zero-order valence-corrected chi connectivity index (χ0v) is 9.23. The van der Waals surface area contributed by atoms with Crippen molar-refractivity contribution in [3.05, 3.63) is 29.3 Å². The molecule has 0 saturated carbocycles. The Morgan fingerprint density at radius 3 is 2.81 bits per heavy atom. The van der Waals surface area contributed by atoms with E-state index < -0.39 is 11.6 Å². The van der Waals surface area contributed by atoms with Crippen LogP contribution in [0.3, 0.4) is 0 Å². The van der Waals surface area contributed by atoms with Crippen LogP contribution < -0.4 is 4.74 Å². The van der Waals surface area contributed by atoms with Crippen molar-refractivity contribution in [2.75, 3.05) is 7.11 Å². The monoisotopic (exact) mass is 222 g/mol. The predicted octanol–water partition coefficient (Wildman–Crippen LogP) is 1.16. The van der Waals surface area contributed by atoms with Gasteiger partial charge in [0.1, 0.15) is 5.75 Å². The predicted molar refractivity (Wildman–Crippen MR) is 57.4 cm³/mol. The zero-order chi connectivity index (χ0) is 11.9. The second kappa shape index (κ2) is 3.49. The first-order valence-electron chi connectivity index (χ1n) is 5.13. The quantitative estimate of drug-likeness (QED) is 0.788. The van der Waals surface area contributed by atoms with Gasteiger partial charge in [-0.05, 0) is 24.1 Å². The Hall–Kier alpha value is -1.55. The Balaban J connectivity index is 2.58. The van der Waals surface area contributed by atoms with E-state index in [1.54, 1.807) is 19.1 Å². The van der Waals surface area contributed by atoms with Crippen LogP contribution in [0, 0.1) is 5.92 Å². The minimum absolute atomic E-state index is 0.327. The zero-order valence-electron chi connectivity index (χ0n) is 9.23. The Bertz CT molecular complexity index is 441. The number of carboxylic acid groups (broad SMARTS) is 1. The summed E-state index contributed by atoms with van der Waals surface area (Å²) >= 11 is 0. The van der Waals surface area contributed by atoms with Gasteiger partial charge in [0.15, 0.2) is 5.60 Å².